The van der Waals surface area contributed by atoms with Crippen molar-refractivity contribution in [3.63, 3.8) is 0 Å². The Bertz CT molecular complexity index is 536. The maximum Gasteiger partial charge on any atom is 0.404 e. The fourth-order valence-corrected chi connectivity index (χ4v) is 2.15. The highest BCUT2D eigenvalue weighted by Crippen LogP contribution is 2.23. The lowest BCUT2D eigenvalue weighted by Gasteiger charge is -2.01. The number of carbonyl (C=O) groups excluding carboxylic acids is 1. The van der Waals surface area contributed by atoms with Crippen LogP contribution in [0.25, 0.3) is 10.9 Å². The van der Waals surface area contributed by atoms with Crippen LogP contribution in [0.4, 0.5) is 4.79 Å². The van der Waals surface area contributed by atoms with E-state index in [1.807, 2.05) is 18.3 Å². The molecule has 1 aromatic carbocycles. The third-order valence-corrected chi connectivity index (χ3v) is 3.06. The third-order valence-electron chi connectivity index (χ3n) is 2.56. The molecule has 0 unspecified atom stereocenters. The van der Waals surface area contributed by atoms with Crippen LogP contribution in [0.15, 0.2) is 28.9 Å². The fourth-order valence-electron chi connectivity index (χ4n) is 1.79. The zero-order valence-electron chi connectivity index (χ0n) is 9.20. The summed E-state index contributed by atoms with van der Waals surface area (Å²) in [6.07, 6.45) is 2.89. The van der Waals surface area contributed by atoms with Crippen LogP contribution in [0, 0.1) is 0 Å². The molecule has 90 valence electrons. The van der Waals surface area contributed by atoms with Gasteiger partial charge in [-0.1, -0.05) is 15.9 Å². The van der Waals surface area contributed by atoms with E-state index < -0.39 is 6.09 Å². The first-order valence-corrected chi connectivity index (χ1v) is 6.14. The van der Waals surface area contributed by atoms with Crippen LogP contribution in [-0.2, 0) is 11.2 Å². The molecule has 3 N–H and O–H groups in total. The number of carbonyl (C=O) groups is 1. The number of nitrogens with one attached hydrogen (secondary N) is 1. The first-order chi connectivity index (χ1) is 8.16. The summed E-state index contributed by atoms with van der Waals surface area (Å²) < 4.78 is 5.75. The Balaban J connectivity index is 2.03. The molecule has 1 heterocycles. The van der Waals surface area contributed by atoms with Gasteiger partial charge >= 0.3 is 6.09 Å². The number of rotatable bonds is 4. The van der Waals surface area contributed by atoms with Gasteiger partial charge in [-0.3, -0.25) is 0 Å². The van der Waals surface area contributed by atoms with E-state index >= 15 is 0 Å². The second-order valence-electron chi connectivity index (χ2n) is 3.77. The number of primary amides is 1. The van der Waals surface area contributed by atoms with Gasteiger partial charge in [-0.25, -0.2) is 4.79 Å². The number of H-pyrrole nitrogens is 1. The molecule has 1 amide bonds. The van der Waals surface area contributed by atoms with E-state index in [0.717, 1.165) is 22.8 Å². The van der Waals surface area contributed by atoms with Crippen molar-refractivity contribution in [2.45, 2.75) is 12.8 Å². The molecule has 0 atom stereocenters. The molecule has 0 bridgehead atoms. The van der Waals surface area contributed by atoms with Crippen LogP contribution in [-0.4, -0.2) is 17.7 Å². The molecule has 0 aliphatic heterocycles. The van der Waals surface area contributed by atoms with Crippen LogP contribution in [0.3, 0.4) is 0 Å². The van der Waals surface area contributed by atoms with Gasteiger partial charge in [0.2, 0.25) is 0 Å². The Labute approximate surface area is 107 Å². The molecule has 2 aromatic rings. The number of hydrogen-bond acceptors (Lipinski definition) is 2. The van der Waals surface area contributed by atoms with E-state index in [1.54, 1.807) is 0 Å². The summed E-state index contributed by atoms with van der Waals surface area (Å²) >= 11 is 3.45. The van der Waals surface area contributed by atoms with Crippen LogP contribution in [0.2, 0.25) is 0 Å². The van der Waals surface area contributed by atoms with Gasteiger partial charge < -0.3 is 15.5 Å². The molecule has 17 heavy (non-hydrogen) atoms. The molecule has 0 aliphatic carbocycles. The Morgan fingerprint density at radius 2 is 2.29 bits per heavy atom. The van der Waals surface area contributed by atoms with Gasteiger partial charge in [-0.15, -0.1) is 0 Å². The number of aromatic amines is 1. The van der Waals surface area contributed by atoms with E-state index in [4.69, 9.17) is 10.5 Å². The van der Waals surface area contributed by atoms with Crippen LogP contribution in [0.1, 0.15) is 12.0 Å². The lowest BCUT2D eigenvalue weighted by molar-refractivity contribution is 0.155. The summed E-state index contributed by atoms with van der Waals surface area (Å²) in [5, 5.41) is 1.19. The van der Waals surface area contributed by atoms with Crippen molar-refractivity contribution in [1.29, 1.82) is 0 Å². The highest BCUT2D eigenvalue weighted by Gasteiger charge is 2.04. The fraction of sp³-hybridized carbons (Fsp3) is 0.250. The average molecular weight is 297 g/mol. The molecular weight excluding hydrogens is 284 g/mol. The molecule has 0 saturated heterocycles. The normalized spacial score (nSPS) is 10.6. The number of amides is 1. The van der Waals surface area contributed by atoms with E-state index in [9.17, 15) is 4.79 Å². The zero-order chi connectivity index (χ0) is 12.3. The van der Waals surface area contributed by atoms with Crippen molar-refractivity contribution in [2.24, 2.45) is 5.73 Å². The summed E-state index contributed by atoms with van der Waals surface area (Å²) in [5.74, 6) is 0. The molecule has 0 spiro atoms. The molecule has 0 aliphatic rings. The van der Waals surface area contributed by atoms with Crippen molar-refractivity contribution in [2.75, 3.05) is 6.61 Å². The lowest BCUT2D eigenvalue weighted by Crippen LogP contribution is -2.13. The lowest BCUT2D eigenvalue weighted by atomic mass is 10.1. The number of aryl methyl sites for hydroxylation is 1. The number of fused-ring (bicyclic) bond motifs is 1. The van der Waals surface area contributed by atoms with Crippen LogP contribution in [0.5, 0.6) is 0 Å². The minimum absolute atomic E-state index is 0.357. The molecule has 5 heteroatoms. The Hall–Kier alpha value is -1.49. The second kappa shape index (κ2) is 5.23. The first kappa shape index (κ1) is 12.0. The molecule has 2 rings (SSSR count). The maximum atomic E-state index is 10.4. The SMILES string of the molecule is NC(=O)OCCCc1c[nH]c2ccc(Br)cc12. The van der Waals surface area contributed by atoms with Crippen molar-refractivity contribution in [3.8, 4) is 0 Å². The molecule has 0 radical (unpaired) electrons. The van der Waals surface area contributed by atoms with E-state index in [-0.39, 0.29) is 0 Å². The monoisotopic (exact) mass is 296 g/mol. The quantitative estimate of drug-likeness (QED) is 0.852. The molecule has 1 aromatic heterocycles. The smallest absolute Gasteiger partial charge is 0.404 e. The predicted molar refractivity (Wildman–Crippen MR) is 69.9 cm³/mol. The second-order valence-corrected chi connectivity index (χ2v) is 4.69. The number of hydrogen-bond donors (Lipinski definition) is 2. The highest BCUT2D eigenvalue weighted by molar-refractivity contribution is 9.10. The first-order valence-electron chi connectivity index (χ1n) is 5.34. The summed E-state index contributed by atoms with van der Waals surface area (Å²) in [5.41, 5.74) is 7.22. The van der Waals surface area contributed by atoms with Gasteiger partial charge in [-0.05, 0) is 36.6 Å². The largest absolute Gasteiger partial charge is 0.450 e. The van der Waals surface area contributed by atoms with E-state index in [0.29, 0.717) is 6.61 Å². The van der Waals surface area contributed by atoms with Crippen molar-refractivity contribution < 1.29 is 9.53 Å². The summed E-state index contributed by atoms with van der Waals surface area (Å²) in [4.78, 5) is 13.6. The molecule has 0 fully saturated rings. The van der Waals surface area contributed by atoms with Crippen molar-refractivity contribution >= 4 is 32.9 Å². The van der Waals surface area contributed by atoms with E-state index in [1.165, 1.54) is 10.9 Å². The van der Waals surface area contributed by atoms with Gasteiger partial charge in [0.25, 0.3) is 0 Å². The summed E-state index contributed by atoms with van der Waals surface area (Å²) in [7, 11) is 0. The minimum atomic E-state index is -0.716. The number of ether oxygens (including phenoxy) is 1. The molecular formula is C12H13BrN2O2. The Morgan fingerprint density at radius 3 is 3.06 bits per heavy atom. The Morgan fingerprint density at radius 1 is 1.47 bits per heavy atom. The Kier molecular flexibility index (Phi) is 3.68. The summed E-state index contributed by atoms with van der Waals surface area (Å²) in [6, 6.07) is 6.11. The van der Waals surface area contributed by atoms with Gasteiger partial charge in [0.05, 0.1) is 6.61 Å². The topological polar surface area (TPSA) is 68.1 Å². The summed E-state index contributed by atoms with van der Waals surface area (Å²) in [6.45, 7) is 0.357. The minimum Gasteiger partial charge on any atom is -0.450 e. The number of halogens is 1. The molecule has 4 nitrogen and oxygen atoms in total. The average Bonchev–Trinajstić information content (AvgIpc) is 2.67. The van der Waals surface area contributed by atoms with Gasteiger partial charge in [-0.2, -0.15) is 0 Å². The van der Waals surface area contributed by atoms with Crippen LogP contribution >= 0.6 is 15.9 Å². The standard InChI is InChI=1S/C12H13BrN2O2/c13-9-3-4-11-10(6-9)8(7-15-11)2-1-5-17-12(14)16/h3-4,6-7,15H,1-2,5H2,(H2,14,16). The zero-order valence-corrected chi connectivity index (χ0v) is 10.8. The number of aromatic nitrogens is 1. The van der Waals surface area contributed by atoms with Crippen LogP contribution < -0.4 is 5.73 Å². The third kappa shape index (κ3) is 3.00. The van der Waals surface area contributed by atoms with Gasteiger partial charge in [0.15, 0.2) is 0 Å². The van der Waals surface area contributed by atoms with Crippen molar-refractivity contribution in [1.82, 2.24) is 4.98 Å². The maximum absolute atomic E-state index is 10.4. The molecule has 0 saturated carbocycles. The van der Waals surface area contributed by atoms with Gasteiger partial charge in [0.1, 0.15) is 0 Å². The predicted octanol–water partition coefficient (Wildman–Crippen LogP) is 2.96. The van der Waals surface area contributed by atoms with Crippen molar-refractivity contribution in [3.05, 3.63) is 34.4 Å². The number of nitrogens with two attached hydrogens (primary N) is 1. The van der Waals surface area contributed by atoms with Gasteiger partial charge in [0, 0.05) is 21.6 Å². The number of benzene rings is 1. The highest BCUT2D eigenvalue weighted by atomic mass is 79.9. The van der Waals surface area contributed by atoms with E-state index in [2.05, 4.69) is 27.0 Å².